The second kappa shape index (κ2) is 16.2. The summed E-state index contributed by atoms with van der Waals surface area (Å²) in [6, 6.07) is 0.946. The smallest absolute Gasteiger partial charge is 0.0644 e. The fraction of sp³-hybridized carbons (Fsp3) is 1.00. The highest BCUT2D eigenvalue weighted by Gasteiger charge is 2.37. The summed E-state index contributed by atoms with van der Waals surface area (Å²) in [5, 5.41) is 0. The number of ether oxygens (including phenoxy) is 2. The highest BCUT2D eigenvalue weighted by Crippen LogP contribution is 2.30. The van der Waals surface area contributed by atoms with Gasteiger partial charge in [-0.3, -0.25) is 29.4 Å². The van der Waals surface area contributed by atoms with E-state index in [1.807, 2.05) is 7.11 Å². The normalized spacial score (nSPS) is 24.8. The molecule has 0 N–H and O–H groups in total. The van der Waals surface area contributed by atoms with Crippen LogP contribution in [-0.2, 0) is 9.47 Å². The summed E-state index contributed by atoms with van der Waals surface area (Å²) in [6.07, 6.45) is 3.56. The lowest BCUT2D eigenvalue weighted by Gasteiger charge is -2.50. The van der Waals surface area contributed by atoms with Gasteiger partial charge in [0.05, 0.1) is 19.3 Å². The molecule has 0 aromatic carbocycles. The van der Waals surface area contributed by atoms with Gasteiger partial charge >= 0.3 is 0 Å². The predicted octanol–water partition coefficient (Wildman–Crippen LogP) is 4.58. The van der Waals surface area contributed by atoms with Gasteiger partial charge < -0.3 is 9.47 Å². The zero-order valence-electron chi connectivity index (χ0n) is 31.4. The van der Waals surface area contributed by atoms with E-state index in [0.717, 1.165) is 78.6 Å². The Hall–Kier alpha value is -0.320. The minimum atomic E-state index is 0.153. The Morgan fingerprint density at radius 2 is 0.932 bits per heavy atom. The van der Waals surface area contributed by atoms with Gasteiger partial charge in [-0.15, -0.1) is 0 Å². The van der Waals surface area contributed by atoms with E-state index in [9.17, 15) is 0 Å². The molecule has 0 aromatic rings. The number of piperazine rings is 3. The third-order valence-corrected chi connectivity index (χ3v) is 11.2. The lowest BCUT2D eigenvalue weighted by molar-refractivity contribution is -0.0364. The highest BCUT2D eigenvalue weighted by molar-refractivity contribution is 4.93. The summed E-state index contributed by atoms with van der Waals surface area (Å²) in [7, 11) is 1.83. The van der Waals surface area contributed by atoms with E-state index in [2.05, 4.69) is 106 Å². The van der Waals surface area contributed by atoms with Crippen molar-refractivity contribution in [2.24, 2.45) is 0 Å². The Morgan fingerprint density at radius 3 is 1.36 bits per heavy atom. The number of hydrogen-bond donors (Lipinski definition) is 0. The molecule has 0 aromatic heterocycles. The molecule has 0 radical (unpaired) electrons. The molecule has 0 saturated carbocycles. The van der Waals surface area contributed by atoms with Crippen LogP contribution in [0.4, 0.5) is 0 Å². The van der Waals surface area contributed by atoms with Crippen LogP contribution in [0.3, 0.4) is 0 Å². The van der Waals surface area contributed by atoms with E-state index in [4.69, 9.17) is 9.47 Å². The van der Waals surface area contributed by atoms with E-state index in [0.29, 0.717) is 12.1 Å². The van der Waals surface area contributed by atoms with Crippen molar-refractivity contribution in [3.8, 4) is 0 Å². The summed E-state index contributed by atoms with van der Waals surface area (Å²) in [6.45, 7) is 42.2. The third kappa shape index (κ3) is 11.1. The molecular weight excluding hydrogens is 548 g/mol. The Labute approximate surface area is 273 Å². The van der Waals surface area contributed by atoms with Crippen LogP contribution in [0.1, 0.15) is 95.4 Å². The average Bonchev–Trinajstić information content (AvgIpc) is 2.96. The van der Waals surface area contributed by atoms with Crippen molar-refractivity contribution in [2.45, 2.75) is 130 Å². The molecule has 0 amide bonds. The number of rotatable bonds is 13. The zero-order valence-corrected chi connectivity index (χ0v) is 31.4. The van der Waals surface area contributed by atoms with Gasteiger partial charge in [-0.25, -0.2) is 0 Å². The van der Waals surface area contributed by atoms with Crippen molar-refractivity contribution < 1.29 is 9.47 Å². The zero-order chi connectivity index (χ0) is 32.8. The largest absolute Gasteiger partial charge is 0.383 e. The second-order valence-corrected chi connectivity index (χ2v) is 17.4. The van der Waals surface area contributed by atoms with E-state index in [-0.39, 0.29) is 22.2 Å². The topological polar surface area (TPSA) is 37.9 Å². The third-order valence-electron chi connectivity index (χ3n) is 11.2. The lowest BCUT2D eigenvalue weighted by Crippen LogP contribution is -2.60. The molecule has 3 atom stereocenters. The first-order valence-corrected chi connectivity index (χ1v) is 18.0. The summed E-state index contributed by atoms with van der Waals surface area (Å²) in [5.41, 5.74) is 0.900. The molecule has 3 saturated heterocycles. The van der Waals surface area contributed by atoms with E-state index in [1.165, 1.54) is 39.0 Å². The molecule has 3 rings (SSSR count). The fourth-order valence-corrected chi connectivity index (χ4v) is 7.61. The van der Waals surface area contributed by atoms with Crippen molar-refractivity contribution in [2.75, 3.05) is 105 Å². The average molecular weight is 623 g/mol. The number of hydrogen-bond acceptors (Lipinski definition) is 8. The van der Waals surface area contributed by atoms with Gasteiger partial charge in [0.15, 0.2) is 0 Å². The SMILES string of the molecule is COCC(COCCC(C)(CCC(C)N1CCN(C(C)(C)C)CC1)N1CCN(C(C)(C)C)CC1)N1CCN(C(C)(C)C)CC1. The fourth-order valence-electron chi connectivity index (χ4n) is 7.61. The van der Waals surface area contributed by atoms with Crippen LogP contribution in [0.25, 0.3) is 0 Å². The van der Waals surface area contributed by atoms with Crippen molar-refractivity contribution in [3.05, 3.63) is 0 Å². The maximum atomic E-state index is 6.54. The molecule has 3 unspecified atom stereocenters. The van der Waals surface area contributed by atoms with Crippen LogP contribution in [0.15, 0.2) is 0 Å². The van der Waals surface area contributed by atoms with Crippen molar-refractivity contribution in [3.63, 3.8) is 0 Å². The quantitative estimate of drug-likeness (QED) is 0.277. The first kappa shape index (κ1) is 38.1. The Balaban J connectivity index is 1.56. The molecular formula is C36H74N6O2. The molecule has 44 heavy (non-hydrogen) atoms. The van der Waals surface area contributed by atoms with Gasteiger partial charge in [0, 0.05) is 120 Å². The standard InChI is InChI=1S/C36H74N6O2/c1-31(37-16-20-39(21-17-37)33(2,3)4)13-14-36(11,42-26-24-41(25-27-42)35(8,9)10)15-28-44-30-32(29-43-12)38-18-22-40(23-19-38)34(5,6)7/h31-32H,13-30H2,1-12H3. The number of nitrogens with zero attached hydrogens (tertiary/aromatic N) is 6. The van der Waals surface area contributed by atoms with Gasteiger partial charge in [0.1, 0.15) is 0 Å². The summed E-state index contributed by atoms with van der Waals surface area (Å²) in [5.74, 6) is 0. The Bertz CT molecular complexity index is 812. The molecule has 3 fully saturated rings. The molecule has 3 heterocycles. The molecule has 0 spiro atoms. The van der Waals surface area contributed by atoms with Crippen LogP contribution in [0.5, 0.6) is 0 Å². The molecule has 8 nitrogen and oxygen atoms in total. The molecule has 260 valence electrons. The monoisotopic (exact) mass is 623 g/mol. The summed E-state index contributed by atoms with van der Waals surface area (Å²) >= 11 is 0. The lowest BCUT2D eigenvalue weighted by atomic mass is 9.87. The molecule has 3 aliphatic heterocycles. The Kier molecular flexibility index (Phi) is 14.0. The van der Waals surface area contributed by atoms with Crippen LogP contribution >= 0.6 is 0 Å². The van der Waals surface area contributed by atoms with Crippen molar-refractivity contribution in [1.82, 2.24) is 29.4 Å². The van der Waals surface area contributed by atoms with Gasteiger partial charge in [-0.1, -0.05) is 0 Å². The maximum absolute atomic E-state index is 6.54. The first-order chi connectivity index (χ1) is 20.4. The maximum Gasteiger partial charge on any atom is 0.0644 e. The van der Waals surface area contributed by atoms with Crippen LogP contribution in [0, 0.1) is 0 Å². The van der Waals surface area contributed by atoms with Gasteiger partial charge in [-0.2, -0.15) is 0 Å². The summed E-state index contributed by atoms with van der Waals surface area (Å²) in [4.78, 5) is 16.1. The van der Waals surface area contributed by atoms with E-state index >= 15 is 0 Å². The molecule has 8 heteroatoms. The number of methoxy groups -OCH3 is 1. The van der Waals surface area contributed by atoms with E-state index in [1.54, 1.807) is 0 Å². The minimum absolute atomic E-state index is 0.153. The first-order valence-electron chi connectivity index (χ1n) is 18.0. The highest BCUT2D eigenvalue weighted by atomic mass is 16.5. The Morgan fingerprint density at radius 1 is 0.523 bits per heavy atom. The van der Waals surface area contributed by atoms with Crippen molar-refractivity contribution >= 4 is 0 Å². The van der Waals surface area contributed by atoms with Gasteiger partial charge in [0.2, 0.25) is 0 Å². The van der Waals surface area contributed by atoms with Crippen LogP contribution in [-0.4, -0.2) is 169 Å². The second-order valence-electron chi connectivity index (χ2n) is 17.4. The predicted molar refractivity (Wildman–Crippen MR) is 187 cm³/mol. The summed E-state index contributed by atoms with van der Waals surface area (Å²) < 4.78 is 12.2. The van der Waals surface area contributed by atoms with Crippen molar-refractivity contribution in [1.29, 1.82) is 0 Å². The van der Waals surface area contributed by atoms with Crippen LogP contribution in [0.2, 0.25) is 0 Å². The minimum Gasteiger partial charge on any atom is -0.383 e. The van der Waals surface area contributed by atoms with Gasteiger partial charge in [0.25, 0.3) is 0 Å². The molecule has 3 aliphatic rings. The van der Waals surface area contributed by atoms with Crippen LogP contribution < -0.4 is 0 Å². The molecule has 0 bridgehead atoms. The van der Waals surface area contributed by atoms with Gasteiger partial charge in [-0.05, 0) is 95.4 Å². The van der Waals surface area contributed by atoms with E-state index < -0.39 is 0 Å². The molecule has 0 aliphatic carbocycles.